The zero-order valence-electron chi connectivity index (χ0n) is 11.2. The molecule has 0 saturated carbocycles. The van der Waals surface area contributed by atoms with Crippen molar-refractivity contribution in [2.45, 2.75) is 13.8 Å². The van der Waals surface area contributed by atoms with Crippen molar-refractivity contribution in [3.8, 4) is 11.1 Å². The summed E-state index contributed by atoms with van der Waals surface area (Å²) in [5.41, 5.74) is 4.86. The van der Waals surface area contributed by atoms with Gasteiger partial charge < -0.3 is 4.74 Å². The molecule has 0 fully saturated rings. The van der Waals surface area contributed by atoms with E-state index in [0.717, 1.165) is 11.1 Å². The van der Waals surface area contributed by atoms with E-state index >= 15 is 0 Å². The van der Waals surface area contributed by atoms with E-state index in [1.54, 1.807) is 12.1 Å². The molecule has 2 aromatic rings. The number of halogens is 1. The number of aryl methyl sites for hydroxylation is 2. The molecule has 0 aromatic heterocycles. The lowest BCUT2D eigenvalue weighted by Crippen LogP contribution is -2.01. The van der Waals surface area contributed by atoms with E-state index < -0.39 is 5.97 Å². The van der Waals surface area contributed by atoms with E-state index in [1.807, 2.05) is 6.07 Å². The third-order valence-corrected chi connectivity index (χ3v) is 3.24. The molecule has 0 N–H and O–H groups in total. The molecule has 0 aliphatic carbocycles. The number of methoxy groups -OCH3 is 1. The fraction of sp³-hybridized carbons (Fsp3) is 0.188. The maximum Gasteiger partial charge on any atom is 0.339 e. The van der Waals surface area contributed by atoms with Crippen LogP contribution in [0.1, 0.15) is 21.5 Å². The molecule has 0 spiro atoms. The Morgan fingerprint density at radius 2 is 1.63 bits per heavy atom. The summed E-state index contributed by atoms with van der Waals surface area (Å²) in [5.74, 6) is -0.419. The number of hydrogen-bond donors (Lipinski definition) is 0. The van der Waals surface area contributed by atoms with Gasteiger partial charge in [0.15, 0.2) is 0 Å². The van der Waals surface area contributed by atoms with Crippen molar-refractivity contribution in [3.63, 3.8) is 0 Å². The summed E-state index contributed by atoms with van der Waals surface area (Å²) >= 11 is 6.13. The van der Waals surface area contributed by atoms with Crippen LogP contribution in [0, 0.1) is 13.8 Å². The summed E-state index contributed by atoms with van der Waals surface area (Å²) in [4.78, 5) is 11.5. The van der Waals surface area contributed by atoms with Crippen LogP contribution >= 0.6 is 11.6 Å². The zero-order valence-corrected chi connectivity index (χ0v) is 11.9. The lowest BCUT2D eigenvalue weighted by molar-refractivity contribution is 0.0601. The summed E-state index contributed by atoms with van der Waals surface area (Å²) in [7, 11) is 1.34. The minimum atomic E-state index is -0.419. The molecule has 0 atom stereocenters. The third kappa shape index (κ3) is 2.96. The first-order valence-electron chi connectivity index (χ1n) is 5.98. The van der Waals surface area contributed by atoms with Gasteiger partial charge >= 0.3 is 5.97 Å². The molecule has 2 nitrogen and oxygen atoms in total. The molecule has 2 rings (SSSR count). The average molecular weight is 275 g/mol. The van der Waals surface area contributed by atoms with E-state index in [2.05, 4.69) is 36.8 Å². The third-order valence-electron chi connectivity index (χ3n) is 2.93. The second-order valence-electron chi connectivity index (χ2n) is 4.56. The summed E-state index contributed by atoms with van der Waals surface area (Å²) < 4.78 is 4.68. The van der Waals surface area contributed by atoms with Crippen LogP contribution < -0.4 is 0 Å². The summed E-state index contributed by atoms with van der Waals surface area (Å²) in [6.45, 7) is 4.11. The lowest BCUT2D eigenvalue weighted by atomic mass is 10.00. The van der Waals surface area contributed by atoms with Crippen molar-refractivity contribution in [1.82, 2.24) is 0 Å². The van der Waals surface area contributed by atoms with Gasteiger partial charge in [-0.3, -0.25) is 0 Å². The Bertz CT molecular complexity index is 612. The van der Waals surface area contributed by atoms with Crippen molar-refractivity contribution in [2.75, 3.05) is 7.11 Å². The molecule has 0 radical (unpaired) electrons. The first-order valence-corrected chi connectivity index (χ1v) is 6.35. The first kappa shape index (κ1) is 13.6. The van der Waals surface area contributed by atoms with Crippen molar-refractivity contribution >= 4 is 17.6 Å². The molecule has 0 amide bonds. The van der Waals surface area contributed by atoms with Crippen molar-refractivity contribution in [2.24, 2.45) is 0 Å². The normalized spacial score (nSPS) is 10.3. The number of benzene rings is 2. The monoisotopic (exact) mass is 274 g/mol. The number of esters is 1. The Morgan fingerprint density at radius 3 is 2.16 bits per heavy atom. The molecule has 0 unspecified atom stereocenters. The molecule has 19 heavy (non-hydrogen) atoms. The van der Waals surface area contributed by atoms with Gasteiger partial charge in [0.1, 0.15) is 0 Å². The van der Waals surface area contributed by atoms with Crippen LogP contribution in [-0.2, 0) is 4.74 Å². The summed E-state index contributed by atoms with van der Waals surface area (Å²) in [6, 6.07) is 11.7. The van der Waals surface area contributed by atoms with Gasteiger partial charge in [-0.15, -0.1) is 0 Å². The number of rotatable bonds is 2. The average Bonchev–Trinajstić information content (AvgIpc) is 2.36. The fourth-order valence-electron chi connectivity index (χ4n) is 2.11. The highest BCUT2D eigenvalue weighted by atomic mass is 35.5. The number of hydrogen-bond acceptors (Lipinski definition) is 2. The van der Waals surface area contributed by atoms with Crippen LogP contribution in [0.15, 0.2) is 36.4 Å². The number of carbonyl (C=O) groups excluding carboxylic acids is 1. The standard InChI is InChI=1S/C16H15ClO2/c1-10-6-11(2)8-13(7-10)12-4-5-14(15(17)9-12)16(18)19-3/h4-9H,1-3H3. The molecule has 0 bridgehead atoms. The van der Waals surface area contributed by atoms with Crippen LogP contribution in [0.5, 0.6) is 0 Å². The van der Waals surface area contributed by atoms with E-state index in [1.165, 1.54) is 18.2 Å². The van der Waals surface area contributed by atoms with Crippen LogP contribution in [0.3, 0.4) is 0 Å². The van der Waals surface area contributed by atoms with Crippen LogP contribution in [-0.4, -0.2) is 13.1 Å². The molecular formula is C16H15ClO2. The zero-order chi connectivity index (χ0) is 14.0. The van der Waals surface area contributed by atoms with Gasteiger partial charge in [-0.1, -0.05) is 47.0 Å². The molecular weight excluding hydrogens is 260 g/mol. The van der Waals surface area contributed by atoms with Crippen LogP contribution in [0.4, 0.5) is 0 Å². The molecule has 0 saturated heterocycles. The van der Waals surface area contributed by atoms with Gasteiger partial charge in [0.05, 0.1) is 17.7 Å². The second kappa shape index (κ2) is 5.45. The largest absolute Gasteiger partial charge is 0.465 e. The van der Waals surface area contributed by atoms with Gasteiger partial charge in [0.2, 0.25) is 0 Å². The molecule has 98 valence electrons. The maximum atomic E-state index is 11.5. The van der Waals surface area contributed by atoms with E-state index in [9.17, 15) is 4.79 Å². The van der Waals surface area contributed by atoms with Crippen LogP contribution in [0.25, 0.3) is 11.1 Å². The molecule has 3 heteroatoms. The van der Waals surface area contributed by atoms with Gasteiger partial charge in [-0.25, -0.2) is 4.79 Å². The Hall–Kier alpha value is -1.80. The van der Waals surface area contributed by atoms with E-state index in [4.69, 9.17) is 11.6 Å². The topological polar surface area (TPSA) is 26.3 Å². The maximum absolute atomic E-state index is 11.5. The van der Waals surface area contributed by atoms with E-state index in [0.29, 0.717) is 10.6 Å². The highest BCUT2D eigenvalue weighted by Gasteiger charge is 2.11. The molecule has 0 heterocycles. The highest BCUT2D eigenvalue weighted by molar-refractivity contribution is 6.33. The van der Waals surface area contributed by atoms with Gasteiger partial charge in [0, 0.05) is 0 Å². The lowest BCUT2D eigenvalue weighted by Gasteiger charge is -2.08. The minimum absolute atomic E-state index is 0.386. The van der Waals surface area contributed by atoms with Crippen molar-refractivity contribution < 1.29 is 9.53 Å². The second-order valence-corrected chi connectivity index (χ2v) is 4.97. The Kier molecular flexibility index (Phi) is 3.91. The fourth-order valence-corrected chi connectivity index (χ4v) is 2.37. The minimum Gasteiger partial charge on any atom is -0.465 e. The Balaban J connectivity index is 2.47. The van der Waals surface area contributed by atoms with Gasteiger partial charge in [-0.2, -0.15) is 0 Å². The Morgan fingerprint density at radius 1 is 1.00 bits per heavy atom. The van der Waals surface area contributed by atoms with Crippen molar-refractivity contribution in [3.05, 3.63) is 58.1 Å². The first-order chi connectivity index (χ1) is 9.01. The van der Waals surface area contributed by atoms with Crippen molar-refractivity contribution in [1.29, 1.82) is 0 Å². The molecule has 2 aromatic carbocycles. The smallest absolute Gasteiger partial charge is 0.339 e. The summed E-state index contributed by atoms with van der Waals surface area (Å²) in [5, 5.41) is 0.406. The van der Waals surface area contributed by atoms with E-state index in [-0.39, 0.29) is 0 Å². The predicted octanol–water partition coefficient (Wildman–Crippen LogP) is 4.41. The number of ether oxygens (including phenoxy) is 1. The predicted molar refractivity (Wildman–Crippen MR) is 77.7 cm³/mol. The quantitative estimate of drug-likeness (QED) is 0.758. The summed E-state index contributed by atoms with van der Waals surface area (Å²) in [6.07, 6.45) is 0. The van der Waals surface area contributed by atoms with Gasteiger partial charge in [0.25, 0.3) is 0 Å². The highest BCUT2D eigenvalue weighted by Crippen LogP contribution is 2.27. The number of carbonyl (C=O) groups is 1. The molecule has 0 aliphatic rings. The SMILES string of the molecule is COC(=O)c1ccc(-c2cc(C)cc(C)c2)cc1Cl. The molecule has 0 aliphatic heterocycles. The Labute approximate surface area is 118 Å². The van der Waals surface area contributed by atoms with Gasteiger partial charge in [-0.05, 0) is 37.1 Å². The van der Waals surface area contributed by atoms with Crippen LogP contribution in [0.2, 0.25) is 5.02 Å².